The van der Waals surface area contributed by atoms with E-state index in [1.165, 1.54) is 180 Å². The molecular formula is C51H101NO12S. The SMILES string of the molecule is CCCCCCCCCCCCCCCCCCCCCCC(O)C(=O)NC(COC1OC(CO)C(O)C(OS(=O)(=O)O)C1O)C(O)CCCCCCCCCCCCCCCCCC. The highest BCUT2D eigenvalue weighted by atomic mass is 32.3. The number of nitrogens with one attached hydrogen (secondary N) is 1. The zero-order chi connectivity index (χ0) is 47.8. The summed E-state index contributed by atoms with van der Waals surface area (Å²) < 4.78 is 47.7. The normalized spacial score (nSPS) is 20.5. The summed E-state index contributed by atoms with van der Waals surface area (Å²) in [5, 5.41) is 55.6. The van der Waals surface area contributed by atoms with Gasteiger partial charge in [-0.2, -0.15) is 8.42 Å². The number of unbranched alkanes of at least 4 members (excludes halogenated alkanes) is 34. The number of rotatable bonds is 47. The Morgan fingerprint density at radius 2 is 0.892 bits per heavy atom. The van der Waals surface area contributed by atoms with Gasteiger partial charge in [-0.15, -0.1) is 0 Å². The van der Waals surface area contributed by atoms with E-state index in [1.807, 2.05) is 0 Å². The molecule has 0 spiro atoms. The summed E-state index contributed by atoms with van der Waals surface area (Å²) in [7, 11) is -5.11. The molecule has 1 amide bonds. The Bertz CT molecular complexity index is 1180. The summed E-state index contributed by atoms with van der Waals surface area (Å²) in [5.41, 5.74) is 0. The van der Waals surface area contributed by atoms with Gasteiger partial charge in [-0.3, -0.25) is 9.35 Å². The Kier molecular flexibility index (Phi) is 40.1. The van der Waals surface area contributed by atoms with Crippen LogP contribution in [0.2, 0.25) is 0 Å². The average molecular weight is 952 g/mol. The van der Waals surface area contributed by atoms with E-state index in [0.29, 0.717) is 19.3 Å². The van der Waals surface area contributed by atoms with Gasteiger partial charge in [0.25, 0.3) is 0 Å². The fourth-order valence-electron chi connectivity index (χ4n) is 9.00. The molecular weight excluding hydrogens is 851 g/mol. The average Bonchev–Trinajstić information content (AvgIpc) is 3.28. The first kappa shape index (κ1) is 62.1. The van der Waals surface area contributed by atoms with Gasteiger partial charge in [-0.05, 0) is 12.8 Å². The Labute approximate surface area is 397 Å². The van der Waals surface area contributed by atoms with Crippen molar-refractivity contribution in [3.05, 3.63) is 0 Å². The molecule has 1 fully saturated rings. The summed E-state index contributed by atoms with van der Waals surface area (Å²) in [4.78, 5) is 13.2. The van der Waals surface area contributed by atoms with Crippen molar-refractivity contribution in [2.75, 3.05) is 13.2 Å². The Balaban J connectivity index is 2.44. The Hall–Kier alpha value is -0.940. The molecule has 1 aliphatic rings. The van der Waals surface area contributed by atoms with Gasteiger partial charge in [-0.1, -0.05) is 245 Å². The van der Waals surface area contributed by atoms with E-state index in [2.05, 4.69) is 23.3 Å². The van der Waals surface area contributed by atoms with Gasteiger partial charge in [-0.25, -0.2) is 4.18 Å². The number of ether oxygens (including phenoxy) is 2. The van der Waals surface area contributed by atoms with Crippen molar-refractivity contribution in [3.8, 4) is 0 Å². The van der Waals surface area contributed by atoms with Gasteiger partial charge in [0, 0.05) is 0 Å². The van der Waals surface area contributed by atoms with Gasteiger partial charge in [0.2, 0.25) is 5.91 Å². The van der Waals surface area contributed by atoms with Crippen molar-refractivity contribution in [1.82, 2.24) is 5.32 Å². The molecule has 0 bridgehead atoms. The van der Waals surface area contributed by atoms with Crippen LogP contribution >= 0.6 is 0 Å². The lowest BCUT2D eigenvalue weighted by atomic mass is 9.99. The van der Waals surface area contributed by atoms with Crippen LogP contribution in [-0.4, -0.2) is 107 Å². The molecule has 1 heterocycles. The maximum absolute atomic E-state index is 13.2. The molecule has 65 heavy (non-hydrogen) atoms. The second-order valence-electron chi connectivity index (χ2n) is 19.3. The third-order valence-electron chi connectivity index (χ3n) is 13.3. The van der Waals surface area contributed by atoms with Gasteiger partial charge >= 0.3 is 10.4 Å². The molecule has 8 unspecified atom stereocenters. The summed E-state index contributed by atoms with van der Waals surface area (Å²) in [6.07, 6.45) is 34.2. The lowest BCUT2D eigenvalue weighted by Crippen LogP contribution is -2.61. The molecule has 0 aromatic carbocycles. The molecule has 0 aliphatic carbocycles. The predicted octanol–water partition coefficient (Wildman–Crippen LogP) is 10.7. The Morgan fingerprint density at radius 3 is 1.23 bits per heavy atom. The maximum Gasteiger partial charge on any atom is 0.397 e. The number of carbonyl (C=O) groups is 1. The van der Waals surface area contributed by atoms with Crippen molar-refractivity contribution >= 4 is 16.3 Å². The number of hydrogen-bond acceptors (Lipinski definition) is 11. The minimum Gasteiger partial charge on any atom is -0.394 e. The van der Waals surface area contributed by atoms with E-state index in [4.69, 9.17) is 9.47 Å². The summed E-state index contributed by atoms with van der Waals surface area (Å²) in [6, 6.07) is -1.03. The van der Waals surface area contributed by atoms with Crippen molar-refractivity contribution in [2.24, 2.45) is 0 Å². The molecule has 388 valence electrons. The second kappa shape index (κ2) is 42.0. The first-order valence-corrected chi connectivity index (χ1v) is 28.4. The Morgan fingerprint density at radius 1 is 0.554 bits per heavy atom. The van der Waals surface area contributed by atoms with E-state index >= 15 is 0 Å². The first-order chi connectivity index (χ1) is 31.4. The number of aliphatic hydroxyl groups is 5. The molecule has 0 aromatic rings. The van der Waals surface area contributed by atoms with Gasteiger partial charge < -0.3 is 40.3 Å². The highest BCUT2D eigenvalue weighted by molar-refractivity contribution is 7.80. The van der Waals surface area contributed by atoms with Crippen molar-refractivity contribution in [2.45, 2.75) is 307 Å². The third kappa shape index (κ3) is 34.1. The summed E-state index contributed by atoms with van der Waals surface area (Å²) >= 11 is 0. The van der Waals surface area contributed by atoms with Crippen LogP contribution < -0.4 is 5.32 Å². The highest BCUT2D eigenvalue weighted by Gasteiger charge is 2.48. The lowest BCUT2D eigenvalue weighted by molar-refractivity contribution is -0.298. The van der Waals surface area contributed by atoms with Gasteiger partial charge in [0.15, 0.2) is 6.29 Å². The number of hydrogen-bond donors (Lipinski definition) is 7. The van der Waals surface area contributed by atoms with Crippen LogP contribution in [0.4, 0.5) is 0 Å². The topological polar surface area (TPSA) is 212 Å². The highest BCUT2D eigenvalue weighted by Crippen LogP contribution is 2.26. The second-order valence-corrected chi connectivity index (χ2v) is 20.4. The van der Waals surface area contributed by atoms with Crippen LogP contribution in [0.15, 0.2) is 0 Å². The smallest absolute Gasteiger partial charge is 0.394 e. The van der Waals surface area contributed by atoms with Crippen LogP contribution in [0.5, 0.6) is 0 Å². The van der Waals surface area contributed by atoms with E-state index in [0.717, 1.165) is 38.5 Å². The van der Waals surface area contributed by atoms with Gasteiger partial charge in [0.1, 0.15) is 30.5 Å². The monoisotopic (exact) mass is 952 g/mol. The quantitative estimate of drug-likeness (QED) is 0.0224. The molecule has 1 saturated heterocycles. The largest absolute Gasteiger partial charge is 0.397 e. The summed E-state index contributed by atoms with van der Waals surface area (Å²) in [5.74, 6) is -0.663. The van der Waals surface area contributed by atoms with Crippen LogP contribution in [0.1, 0.15) is 258 Å². The van der Waals surface area contributed by atoms with E-state index < -0.39 is 78.5 Å². The number of carbonyl (C=O) groups excluding carboxylic acids is 1. The molecule has 1 aliphatic heterocycles. The molecule has 0 radical (unpaired) electrons. The van der Waals surface area contributed by atoms with Crippen LogP contribution in [0.3, 0.4) is 0 Å². The fourth-order valence-corrected chi connectivity index (χ4v) is 9.51. The van der Waals surface area contributed by atoms with Crippen molar-refractivity contribution in [3.63, 3.8) is 0 Å². The molecule has 8 atom stereocenters. The van der Waals surface area contributed by atoms with Crippen LogP contribution in [0.25, 0.3) is 0 Å². The van der Waals surface area contributed by atoms with Crippen molar-refractivity contribution < 1.29 is 57.0 Å². The van der Waals surface area contributed by atoms with Crippen LogP contribution in [-0.2, 0) is 28.9 Å². The number of aliphatic hydroxyl groups excluding tert-OH is 5. The van der Waals surface area contributed by atoms with E-state index in [9.17, 15) is 43.3 Å². The molecule has 0 saturated carbocycles. The standard InChI is InChI=1S/C51H101NO12S/c1-3-5-7-9-11-13-15-17-19-21-22-23-24-26-28-30-32-34-36-38-40-45(55)50(58)52-43(42-62-51-48(57)49(64-65(59,60)61)47(56)46(41-53)63-51)44(54)39-37-35-33-31-29-27-25-20-18-16-14-12-10-8-6-4-2/h43-49,51,53-57H,3-42H2,1-2H3,(H,52,58)(H,59,60,61). The first-order valence-electron chi connectivity index (χ1n) is 27.0. The predicted molar refractivity (Wildman–Crippen MR) is 261 cm³/mol. The minimum absolute atomic E-state index is 0.267. The van der Waals surface area contributed by atoms with E-state index in [-0.39, 0.29) is 6.42 Å². The van der Waals surface area contributed by atoms with E-state index in [1.54, 1.807) is 0 Å². The number of amides is 1. The minimum atomic E-state index is -5.11. The zero-order valence-electron chi connectivity index (χ0n) is 41.4. The van der Waals surface area contributed by atoms with Gasteiger partial charge in [0.05, 0.1) is 25.4 Å². The molecule has 13 nitrogen and oxygen atoms in total. The maximum atomic E-state index is 13.2. The fraction of sp³-hybridized carbons (Fsp3) is 0.980. The lowest BCUT2D eigenvalue weighted by Gasteiger charge is -2.41. The molecule has 1 rings (SSSR count). The molecule has 0 aromatic heterocycles. The zero-order valence-corrected chi connectivity index (χ0v) is 42.3. The van der Waals surface area contributed by atoms with Crippen molar-refractivity contribution in [1.29, 1.82) is 0 Å². The summed E-state index contributed by atoms with van der Waals surface area (Å²) in [6.45, 7) is 3.32. The molecule has 7 N–H and O–H groups in total. The third-order valence-corrected chi connectivity index (χ3v) is 13.7. The van der Waals surface area contributed by atoms with Crippen LogP contribution in [0, 0.1) is 0 Å². The molecule has 14 heteroatoms.